The van der Waals surface area contributed by atoms with E-state index in [0.29, 0.717) is 17.4 Å². The molecular formula is C19H21F3N2O. The summed E-state index contributed by atoms with van der Waals surface area (Å²) in [5, 5.41) is 2.39. The van der Waals surface area contributed by atoms with Gasteiger partial charge in [-0.05, 0) is 34.2 Å². The Balaban J connectivity index is 2.22. The van der Waals surface area contributed by atoms with Gasteiger partial charge in [0.1, 0.15) is 0 Å². The number of amides is 1. The van der Waals surface area contributed by atoms with Gasteiger partial charge in [-0.3, -0.25) is 10.2 Å². The van der Waals surface area contributed by atoms with E-state index in [4.69, 9.17) is 0 Å². The smallest absolute Gasteiger partial charge is 0.288 e. The number of rotatable bonds is 4. The van der Waals surface area contributed by atoms with Crippen LogP contribution >= 0.6 is 0 Å². The van der Waals surface area contributed by atoms with E-state index in [0.717, 1.165) is 10.4 Å². The molecule has 0 spiro atoms. The van der Waals surface area contributed by atoms with Crippen LogP contribution < -0.4 is 5.43 Å². The van der Waals surface area contributed by atoms with Crippen molar-refractivity contribution in [1.82, 2.24) is 10.4 Å². The van der Waals surface area contributed by atoms with Crippen LogP contribution in [0.15, 0.2) is 36.4 Å². The third-order valence-electron chi connectivity index (χ3n) is 4.43. The Morgan fingerprint density at radius 1 is 1.16 bits per heavy atom. The number of fused-ring (bicyclic) bond motifs is 1. The number of hydrogen-bond acceptors (Lipinski definition) is 2. The summed E-state index contributed by atoms with van der Waals surface area (Å²) in [6, 6.07) is 8.91. The normalized spacial score (nSPS) is 17.3. The Hall–Kier alpha value is -2.08. The van der Waals surface area contributed by atoms with Gasteiger partial charge in [-0.25, -0.2) is 5.01 Å². The van der Waals surface area contributed by atoms with E-state index in [1.165, 1.54) is 0 Å². The maximum atomic E-state index is 14.0. The summed E-state index contributed by atoms with van der Waals surface area (Å²) in [5.74, 6) is -0.151. The van der Waals surface area contributed by atoms with Crippen LogP contribution in [0.3, 0.4) is 0 Å². The molecule has 1 N–H and O–H groups in total. The summed E-state index contributed by atoms with van der Waals surface area (Å²) in [7, 11) is 0. The second kappa shape index (κ2) is 6.67. The molecule has 1 aliphatic heterocycles. The molecule has 0 bridgehead atoms. The van der Waals surface area contributed by atoms with Gasteiger partial charge in [-0.1, -0.05) is 50.2 Å². The highest BCUT2D eigenvalue weighted by molar-refractivity contribution is 5.87. The summed E-state index contributed by atoms with van der Waals surface area (Å²) >= 11 is 0. The molecule has 3 nitrogen and oxygen atoms in total. The zero-order valence-electron chi connectivity index (χ0n) is 14.2. The number of hydrogen-bond donors (Lipinski definition) is 1. The fourth-order valence-corrected chi connectivity index (χ4v) is 3.47. The van der Waals surface area contributed by atoms with Gasteiger partial charge < -0.3 is 0 Å². The van der Waals surface area contributed by atoms with Crippen LogP contribution in [0.2, 0.25) is 0 Å². The average molecular weight is 350 g/mol. The van der Waals surface area contributed by atoms with E-state index < -0.39 is 12.2 Å². The quantitative estimate of drug-likeness (QED) is 0.888. The third-order valence-corrected chi connectivity index (χ3v) is 4.43. The predicted octanol–water partition coefficient (Wildman–Crippen LogP) is 4.38. The van der Waals surface area contributed by atoms with Crippen molar-refractivity contribution in [1.29, 1.82) is 0 Å². The first-order valence-corrected chi connectivity index (χ1v) is 8.40. The van der Waals surface area contributed by atoms with E-state index in [9.17, 15) is 18.0 Å². The zero-order chi connectivity index (χ0) is 18.2. The van der Waals surface area contributed by atoms with Crippen molar-refractivity contribution >= 4 is 16.7 Å². The second-order valence-corrected chi connectivity index (χ2v) is 6.88. The minimum atomic E-state index is -4.49. The SMILES string of the molecule is CC(C)Cc1ccc2ccccc2c1[C@H](N1CCC(=O)N1)C(F)(F)F. The molecule has 2 aromatic rings. The zero-order valence-corrected chi connectivity index (χ0v) is 14.2. The van der Waals surface area contributed by atoms with Crippen molar-refractivity contribution < 1.29 is 18.0 Å². The molecule has 1 heterocycles. The highest BCUT2D eigenvalue weighted by Crippen LogP contribution is 2.42. The van der Waals surface area contributed by atoms with Gasteiger partial charge in [0.15, 0.2) is 6.04 Å². The molecule has 1 amide bonds. The van der Waals surface area contributed by atoms with Gasteiger partial charge in [-0.15, -0.1) is 0 Å². The Bertz CT molecular complexity index is 786. The van der Waals surface area contributed by atoms with Crippen molar-refractivity contribution in [2.24, 2.45) is 5.92 Å². The van der Waals surface area contributed by atoms with Gasteiger partial charge >= 0.3 is 6.18 Å². The van der Waals surface area contributed by atoms with Gasteiger partial charge in [0, 0.05) is 13.0 Å². The lowest BCUT2D eigenvalue weighted by atomic mass is 9.88. The summed E-state index contributed by atoms with van der Waals surface area (Å²) in [6.07, 6.45) is -3.86. The summed E-state index contributed by atoms with van der Waals surface area (Å²) in [5.41, 5.74) is 3.31. The lowest BCUT2D eigenvalue weighted by Crippen LogP contribution is -2.44. The number of hydrazine groups is 1. The Kier molecular flexibility index (Phi) is 4.73. The fourth-order valence-electron chi connectivity index (χ4n) is 3.47. The molecule has 1 saturated heterocycles. The van der Waals surface area contributed by atoms with Crippen molar-refractivity contribution in [3.8, 4) is 0 Å². The number of halogens is 3. The maximum Gasteiger partial charge on any atom is 0.409 e. The molecule has 25 heavy (non-hydrogen) atoms. The van der Waals surface area contributed by atoms with E-state index in [2.05, 4.69) is 5.43 Å². The van der Waals surface area contributed by atoms with Crippen LogP contribution in [0.5, 0.6) is 0 Å². The monoisotopic (exact) mass is 350 g/mol. The highest BCUT2D eigenvalue weighted by atomic mass is 19.4. The highest BCUT2D eigenvalue weighted by Gasteiger charge is 2.48. The standard InChI is InChI=1S/C19H21F3N2O/c1-12(2)11-14-8-7-13-5-3-4-6-15(13)17(14)18(19(20,21)22)24-10-9-16(25)23-24/h3-8,12,18H,9-11H2,1-2H3,(H,23,25)/t18-/m0/s1. The van der Waals surface area contributed by atoms with Crippen molar-refractivity contribution in [3.05, 3.63) is 47.5 Å². The van der Waals surface area contributed by atoms with Gasteiger partial charge in [0.2, 0.25) is 5.91 Å². The minimum absolute atomic E-state index is 0.0490. The van der Waals surface area contributed by atoms with Gasteiger partial charge in [-0.2, -0.15) is 13.2 Å². The molecule has 0 radical (unpaired) electrons. The van der Waals surface area contributed by atoms with Gasteiger partial charge in [0.05, 0.1) is 0 Å². The number of alkyl halides is 3. The lowest BCUT2D eigenvalue weighted by molar-refractivity contribution is -0.190. The van der Waals surface area contributed by atoms with Crippen LogP contribution in [0.25, 0.3) is 10.8 Å². The van der Waals surface area contributed by atoms with Crippen molar-refractivity contribution in [2.75, 3.05) is 6.54 Å². The lowest BCUT2D eigenvalue weighted by Gasteiger charge is -2.32. The largest absolute Gasteiger partial charge is 0.409 e. The topological polar surface area (TPSA) is 32.3 Å². The summed E-state index contributed by atoms with van der Waals surface area (Å²) in [6.45, 7) is 4.02. The molecule has 0 aliphatic carbocycles. The first kappa shape index (κ1) is 17.7. The van der Waals surface area contributed by atoms with E-state index in [1.807, 2.05) is 32.0 Å². The summed E-state index contributed by atoms with van der Waals surface area (Å²) < 4.78 is 42.1. The number of benzene rings is 2. The number of carbonyl (C=O) groups is 1. The van der Waals surface area contributed by atoms with E-state index >= 15 is 0 Å². The van der Waals surface area contributed by atoms with Crippen LogP contribution in [0.4, 0.5) is 13.2 Å². The molecule has 6 heteroatoms. The molecule has 3 rings (SSSR count). The molecule has 1 aliphatic rings. The first-order chi connectivity index (χ1) is 11.8. The molecule has 134 valence electrons. The average Bonchev–Trinajstić information content (AvgIpc) is 2.93. The van der Waals surface area contributed by atoms with Crippen LogP contribution in [0.1, 0.15) is 37.4 Å². The Labute approximate surface area is 144 Å². The van der Waals surface area contributed by atoms with E-state index in [-0.39, 0.29) is 30.4 Å². The molecule has 1 fully saturated rings. The Morgan fingerprint density at radius 3 is 2.48 bits per heavy atom. The first-order valence-electron chi connectivity index (χ1n) is 8.40. The number of nitrogens with zero attached hydrogens (tertiary/aromatic N) is 1. The number of carbonyl (C=O) groups excluding carboxylic acids is 1. The molecular weight excluding hydrogens is 329 g/mol. The molecule has 1 atom stereocenters. The second-order valence-electron chi connectivity index (χ2n) is 6.88. The molecule has 0 aromatic heterocycles. The molecule has 0 saturated carbocycles. The van der Waals surface area contributed by atoms with Crippen LogP contribution in [0, 0.1) is 5.92 Å². The predicted molar refractivity (Wildman–Crippen MR) is 90.8 cm³/mol. The molecule has 2 aromatic carbocycles. The maximum absolute atomic E-state index is 14.0. The fraction of sp³-hybridized carbons (Fsp3) is 0.421. The molecule has 0 unspecified atom stereocenters. The van der Waals surface area contributed by atoms with Crippen LogP contribution in [-0.2, 0) is 11.2 Å². The number of nitrogens with one attached hydrogen (secondary N) is 1. The van der Waals surface area contributed by atoms with Crippen LogP contribution in [-0.4, -0.2) is 23.6 Å². The minimum Gasteiger partial charge on any atom is -0.288 e. The van der Waals surface area contributed by atoms with Crippen molar-refractivity contribution in [2.45, 2.75) is 38.9 Å². The summed E-state index contributed by atoms with van der Waals surface area (Å²) in [4.78, 5) is 11.5. The third kappa shape index (κ3) is 3.63. The van der Waals surface area contributed by atoms with Crippen molar-refractivity contribution in [3.63, 3.8) is 0 Å². The Morgan fingerprint density at radius 2 is 1.88 bits per heavy atom. The van der Waals surface area contributed by atoms with Gasteiger partial charge in [0.25, 0.3) is 0 Å². The van der Waals surface area contributed by atoms with E-state index in [1.54, 1.807) is 18.2 Å².